The zero-order valence-electron chi connectivity index (χ0n) is 12.7. The summed E-state index contributed by atoms with van der Waals surface area (Å²) in [5, 5.41) is 5.57. The molecule has 0 atom stereocenters. The highest BCUT2D eigenvalue weighted by Crippen LogP contribution is 2.10. The van der Waals surface area contributed by atoms with Crippen LogP contribution >= 0.6 is 15.9 Å². The fraction of sp³-hybridized carbons (Fsp3) is 0.312. The standard InChI is InChI=1S/C16H19BrN4O2/c17-14-4-2-13(3-5-14)16(23)20-8-6-15(22)19-7-1-10-21-11-9-18-12-21/h2-5,9,11-12H,1,6-8,10H2,(H,19,22)(H,20,23). The number of rotatable bonds is 8. The van der Waals surface area contributed by atoms with Gasteiger partial charge in [-0.05, 0) is 30.7 Å². The summed E-state index contributed by atoms with van der Waals surface area (Å²) in [5.74, 6) is -0.239. The quantitative estimate of drug-likeness (QED) is 0.689. The van der Waals surface area contributed by atoms with Crippen LogP contribution in [0.25, 0.3) is 0 Å². The lowest BCUT2D eigenvalue weighted by Crippen LogP contribution is -2.31. The Labute approximate surface area is 143 Å². The van der Waals surface area contributed by atoms with Gasteiger partial charge in [-0.2, -0.15) is 0 Å². The minimum Gasteiger partial charge on any atom is -0.356 e. The van der Waals surface area contributed by atoms with E-state index in [1.54, 1.807) is 24.7 Å². The van der Waals surface area contributed by atoms with Crippen LogP contribution in [-0.4, -0.2) is 34.5 Å². The van der Waals surface area contributed by atoms with Gasteiger partial charge in [0, 0.05) is 48.5 Å². The van der Waals surface area contributed by atoms with Gasteiger partial charge >= 0.3 is 0 Å². The van der Waals surface area contributed by atoms with Crippen molar-refractivity contribution < 1.29 is 9.59 Å². The number of amides is 2. The highest BCUT2D eigenvalue weighted by atomic mass is 79.9. The Morgan fingerprint density at radius 3 is 2.61 bits per heavy atom. The largest absolute Gasteiger partial charge is 0.356 e. The Morgan fingerprint density at radius 2 is 1.91 bits per heavy atom. The predicted molar refractivity (Wildman–Crippen MR) is 90.9 cm³/mol. The molecule has 1 heterocycles. The number of hydrogen-bond acceptors (Lipinski definition) is 3. The highest BCUT2D eigenvalue weighted by molar-refractivity contribution is 9.10. The van der Waals surface area contributed by atoms with Crippen molar-refractivity contribution in [2.75, 3.05) is 13.1 Å². The summed E-state index contributed by atoms with van der Waals surface area (Å²) in [5.41, 5.74) is 0.578. The summed E-state index contributed by atoms with van der Waals surface area (Å²) in [4.78, 5) is 27.5. The molecule has 7 heteroatoms. The Kier molecular flexibility index (Phi) is 6.80. The summed E-state index contributed by atoms with van der Waals surface area (Å²) in [7, 11) is 0. The van der Waals surface area contributed by atoms with E-state index >= 15 is 0 Å². The molecular formula is C16H19BrN4O2. The monoisotopic (exact) mass is 378 g/mol. The van der Waals surface area contributed by atoms with Gasteiger partial charge in [0.05, 0.1) is 6.33 Å². The average molecular weight is 379 g/mol. The summed E-state index contributed by atoms with van der Waals surface area (Å²) in [6.45, 7) is 1.75. The molecule has 0 radical (unpaired) electrons. The van der Waals surface area contributed by atoms with Crippen LogP contribution in [0.5, 0.6) is 0 Å². The van der Waals surface area contributed by atoms with Crippen molar-refractivity contribution in [1.29, 1.82) is 0 Å². The van der Waals surface area contributed by atoms with E-state index in [-0.39, 0.29) is 18.2 Å². The smallest absolute Gasteiger partial charge is 0.251 e. The highest BCUT2D eigenvalue weighted by Gasteiger charge is 2.06. The first-order valence-electron chi connectivity index (χ1n) is 7.41. The van der Waals surface area contributed by atoms with E-state index in [2.05, 4.69) is 31.5 Å². The first-order valence-corrected chi connectivity index (χ1v) is 8.20. The third-order valence-electron chi connectivity index (χ3n) is 3.22. The lowest BCUT2D eigenvalue weighted by atomic mass is 10.2. The van der Waals surface area contributed by atoms with E-state index in [0.717, 1.165) is 17.4 Å². The van der Waals surface area contributed by atoms with Crippen LogP contribution in [0.1, 0.15) is 23.2 Å². The van der Waals surface area contributed by atoms with Gasteiger partial charge in [-0.15, -0.1) is 0 Å². The van der Waals surface area contributed by atoms with Crippen LogP contribution in [0.2, 0.25) is 0 Å². The van der Waals surface area contributed by atoms with Crippen molar-refractivity contribution >= 4 is 27.7 Å². The zero-order chi connectivity index (χ0) is 16.5. The fourth-order valence-electron chi connectivity index (χ4n) is 1.99. The van der Waals surface area contributed by atoms with E-state index in [1.165, 1.54) is 0 Å². The van der Waals surface area contributed by atoms with Crippen LogP contribution in [0, 0.1) is 0 Å². The number of nitrogens with zero attached hydrogens (tertiary/aromatic N) is 2. The summed E-state index contributed by atoms with van der Waals surface area (Å²) in [6, 6.07) is 7.08. The first kappa shape index (κ1) is 17.2. The van der Waals surface area contributed by atoms with Gasteiger partial charge in [-0.3, -0.25) is 9.59 Å². The molecule has 0 saturated carbocycles. The summed E-state index contributed by atoms with van der Waals surface area (Å²) < 4.78 is 2.88. The number of halogens is 1. The van der Waals surface area contributed by atoms with Crippen molar-refractivity contribution in [2.24, 2.45) is 0 Å². The van der Waals surface area contributed by atoms with E-state index in [0.29, 0.717) is 18.7 Å². The van der Waals surface area contributed by atoms with E-state index < -0.39 is 0 Å². The number of carbonyl (C=O) groups is 2. The summed E-state index contributed by atoms with van der Waals surface area (Å²) in [6.07, 6.45) is 6.48. The molecule has 6 nitrogen and oxygen atoms in total. The second kappa shape index (κ2) is 9.09. The van der Waals surface area contributed by atoms with Crippen LogP contribution in [0.4, 0.5) is 0 Å². The van der Waals surface area contributed by atoms with Crippen molar-refractivity contribution in [3.05, 3.63) is 53.0 Å². The Balaban J connectivity index is 1.57. The molecule has 122 valence electrons. The fourth-order valence-corrected chi connectivity index (χ4v) is 2.25. The number of aromatic nitrogens is 2. The van der Waals surface area contributed by atoms with Crippen LogP contribution in [0.15, 0.2) is 47.5 Å². The normalized spacial score (nSPS) is 10.3. The number of nitrogens with one attached hydrogen (secondary N) is 2. The minimum atomic E-state index is -0.176. The molecule has 0 unspecified atom stereocenters. The molecule has 1 aromatic heterocycles. The zero-order valence-corrected chi connectivity index (χ0v) is 14.3. The summed E-state index contributed by atoms with van der Waals surface area (Å²) >= 11 is 3.32. The molecule has 0 saturated heterocycles. The SMILES string of the molecule is O=C(CCNC(=O)c1ccc(Br)cc1)NCCCn1ccnc1. The molecule has 2 amide bonds. The van der Waals surface area contributed by atoms with Gasteiger partial charge < -0.3 is 15.2 Å². The van der Waals surface area contributed by atoms with E-state index in [9.17, 15) is 9.59 Å². The van der Waals surface area contributed by atoms with Crippen molar-refractivity contribution in [2.45, 2.75) is 19.4 Å². The Morgan fingerprint density at radius 1 is 1.13 bits per heavy atom. The Bertz CT molecular complexity index is 626. The maximum atomic E-state index is 11.9. The lowest BCUT2D eigenvalue weighted by Gasteiger charge is -2.07. The van der Waals surface area contributed by atoms with Gasteiger partial charge in [-0.25, -0.2) is 4.98 Å². The third-order valence-corrected chi connectivity index (χ3v) is 3.75. The van der Waals surface area contributed by atoms with Crippen molar-refractivity contribution in [3.63, 3.8) is 0 Å². The van der Waals surface area contributed by atoms with Gasteiger partial charge in [0.2, 0.25) is 5.91 Å². The van der Waals surface area contributed by atoms with Crippen molar-refractivity contribution in [3.8, 4) is 0 Å². The second-order valence-corrected chi connectivity index (χ2v) is 5.93. The molecule has 2 aromatic rings. The Hall–Kier alpha value is -2.15. The number of hydrogen-bond donors (Lipinski definition) is 2. The molecule has 0 aliphatic heterocycles. The molecule has 23 heavy (non-hydrogen) atoms. The number of imidazole rings is 1. The number of benzene rings is 1. The molecule has 0 aliphatic rings. The molecule has 2 N–H and O–H groups in total. The van der Waals surface area contributed by atoms with Gasteiger partial charge in [0.25, 0.3) is 5.91 Å². The minimum absolute atomic E-state index is 0.0632. The topological polar surface area (TPSA) is 76.0 Å². The molecule has 0 bridgehead atoms. The third kappa shape index (κ3) is 6.23. The molecular weight excluding hydrogens is 360 g/mol. The average Bonchev–Trinajstić information content (AvgIpc) is 3.05. The number of aryl methyl sites for hydroxylation is 1. The van der Waals surface area contributed by atoms with Gasteiger partial charge in [0.15, 0.2) is 0 Å². The van der Waals surface area contributed by atoms with Crippen LogP contribution < -0.4 is 10.6 Å². The molecule has 2 rings (SSSR count). The van der Waals surface area contributed by atoms with Crippen molar-refractivity contribution in [1.82, 2.24) is 20.2 Å². The van der Waals surface area contributed by atoms with Crippen LogP contribution in [0.3, 0.4) is 0 Å². The molecule has 0 aliphatic carbocycles. The van der Waals surface area contributed by atoms with E-state index in [1.807, 2.05) is 22.9 Å². The number of carbonyl (C=O) groups excluding carboxylic acids is 2. The predicted octanol–water partition coefficient (Wildman–Crippen LogP) is 1.97. The molecule has 1 aromatic carbocycles. The van der Waals surface area contributed by atoms with Gasteiger partial charge in [0.1, 0.15) is 0 Å². The van der Waals surface area contributed by atoms with E-state index in [4.69, 9.17) is 0 Å². The lowest BCUT2D eigenvalue weighted by molar-refractivity contribution is -0.120. The first-order chi connectivity index (χ1) is 11.1. The molecule has 0 fully saturated rings. The maximum absolute atomic E-state index is 11.9. The maximum Gasteiger partial charge on any atom is 0.251 e. The second-order valence-electron chi connectivity index (χ2n) is 5.02. The molecule has 0 spiro atoms. The van der Waals surface area contributed by atoms with Crippen LogP contribution in [-0.2, 0) is 11.3 Å². The van der Waals surface area contributed by atoms with Gasteiger partial charge in [-0.1, -0.05) is 15.9 Å².